The third kappa shape index (κ3) is 3.54. The first kappa shape index (κ1) is 17.4. The van der Waals surface area contributed by atoms with Crippen LogP contribution in [-0.2, 0) is 11.2 Å². The molecule has 2 aromatic rings. The number of rotatable bonds is 3. The van der Waals surface area contributed by atoms with Gasteiger partial charge in [-0.3, -0.25) is 4.79 Å². The van der Waals surface area contributed by atoms with Gasteiger partial charge in [-0.2, -0.15) is 0 Å². The van der Waals surface area contributed by atoms with Crippen LogP contribution in [0.5, 0.6) is 0 Å². The molecule has 3 rings (SSSR count). The minimum absolute atomic E-state index is 0. The maximum Gasteiger partial charge on any atom is 0.241 e. The fourth-order valence-electron chi connectivity index (χ4n) is 3.06. The molecular weight excluding hydrogens is 315 g/mol. The van der Waals surface area contributed by atoms with Crippen molar-refractivity contribution < 1.29 is 9.18 Å². The third-order valence-corrected chi connectivity index (χ3v) is 4.43. The molecule has 1 aliphatic carbocycles. The monoisotopic (exact) mass is 334 g/mol. The van der Waals surface area contributed by atoms with Gasteiger partial charge in [0.25, 0.3) is 0 Å². The first-order valence-electron chi connectivity index (χ1n) is 7.45. The van der Waals surface area contributed by atoms with Crippen molar-refractivity contribution >= 4 is 18.3 Å². The van der Waals surface area contributed by atoms with Crippen molar-refractivity contribution in [1.29, 1.82) is 0 Å². The zero-order valence-corrected chi connectivity index (χ0v) is 13.6. The largest absolute Gasteiger partial charge is 0.351 e. The Morgan fingerprint density at radius 2 is 1.87 bits per heavy atom. The molecule has 0 spiro atoms. The summed E-state index contributed by atoms with van der Waals surface area (Å²) in [5.74, 6) is -0.298. The molecule has 122 valence electrons. The van der Waals surface area contributed by atoms with E-state index in [-0.39, 0.29) is 36.1 Å². The number of halogens is 2. The molecular formula is C18H20ClFN2O. The van der Waals surface area contributed by atoms with E-state index in [0.29, 0.717) is 5.56 Å². The van der Waals surface area contributed by atoms with Crippen LogP contribution in [0.2, 0.25) is 0 Å². The van der Waals surface area contributed by atoms with Crippen LogP contribution in [0, 0.1) is 5.82 Å². The Hall–Kier alpha value is -1.91. The lowest BCUT2D eigenvalue weighted by Crippen LogP contribution is -2.42. The van der Waals surface area contributed by atoms with E-state index in [1.165, 1.54) is 23.3 Å². The van der Waals surface area contributed by atoms with Crippen LogP contribution in [0.4, 0.5) is 4.39 Å². The summed E-state index contributed by atoms with van der Waals surface area (Å²) < 4.78 is 12.9. The van der Waals surface area contributed by atoms with Gasteiger partial charge in [-0.25, -0.2) is 4.39 Å². The van der Waals surface area contributed by atoms with Gasteiger partial charge >= 0.3 is 0 Å². The standard InChI is InChI=1S/C18H19FN2O.ClH/c1-11-15-5-3-2-4-13(15)10-16(11)21-18(22)17(20)12-6-8-14(19)9-7-12;/h2-9,11,16-17H,10,20H2,1H3,(H,21,22);1H/t11-,16-,17+;/m1./s1. The predicted molar refractivity (Wildman–Crippen MR) is 91.1 cm³/mol. The zero-order chi connectivity index (χ0) is 15.7. The van der Waals surface area contributed by atoms with Crippen molar-refractivity contribution in [3.05, 3.63) is 71.0 Å². The molecule has 0 heterocycles. The Morgan fingerprint density at radius 3 is 2.52 bits per heavy atom. The second-order valence-electron chi connectivity index (χ2n) is 5.84. The average Bonchev–Trinajstić information content (AvgIpc) is 2.84. The number of benzene rings is 2. The Morgan fingerprint density at radius 1 is 1.22 bits per heavy atom. The van der Waals surface area contributed by atoms with E-state index in [1.54, 1.807) is 12.1 Å². The molecule has 23 heavy (non-hydrogen) atoms. The Bertz CT molecular complexity index is 690. The number of nitrogens with two attached hydrogens (primary N) is 1. The van der Waals surface area contributed by atoms with Crippen LogP contribution in [0.15, 0.2) is 48.5 Å². The maximum atomic E-state index is 12.9. The molecule has 0 unspecified atom stereocenters. The number of carbonyl (C=O) groups is 1. The van der Waals surface area contributed by atoms with Crippen molar-refractivity contribution in [2.24, 2.45) is 5.73 Å². The van der Waals surface area contributed by atoms with Crippen LogP contribution >= 0.6 is 12.4 Å². The lowest BCUT2D eigenvalue weighted by atomic mass is 10.00. The molecule has 0 saturated carbocycles. The molecule has 0 bridgehead atoms. The van der Waals surface area contributed by atoms with Crippen molar-refractivity contribution in [3.63, 3.8) is 0 Å². The second kappa shape index (κ2) is 7.11. The number of hydrogen-bond donors (Lipinski definition) is 2. The summed E-state index contributed by atoms with van der Waals surface area (Å²) in [6.45, 7) is 2.11. The summed E-state index contributed by atoms with van der Waals surface area (Å²) in [6.07, 6.45) is 0.819. The lowest BCUT2D eigenvalue weighted by Gasteiger charge is -2.21. The average molecular weight is 335 g/mol. The first-order valence-corrected chi connectivity index (χ1v) is 7.45. The summed E-state index contributed by atoms with van der Waals surface area (Å²) in [4.78, 5) is 12.4. The normalized spacial score (nSPS) is 20.3. The second-order valence-corrected chi connectivity index (χ2v) is 5.84. The minimum atomic E-state index is -0.781. The molecule has 0 aromatic heterocycles. The highest BCUT2D eigenvalue weighted by Gasteiger charge is 2.31. The topological polar surface area (TPSA) is 55.1 Å². The quantitative estimate of drug-likeness (QED) is 0.906. The molecule has 3 N–H and O–H groups in total. The minimum Gasteiger partial charge on any atom is -0.351 e. The molecule has 1 amide bonds. The van der Waals surface area contributed by atoms with E-state index >= 15 is 0 Å². The summed E-state index contributed by atoms with van der Waals surface area (Å²) >= 11 is 0. The summed E-state index contributed by atoms with van der Waals surface area (Å²) in [7, 11) is 0. The van der Waals surface area contributed by atoms with Crippen LogP contribution in [0.3, 0.4) is 0 Å². The number of hydrogen-bond acceptors (Lipinski definition) is 2. The zero-order valence-electron chi connectivity index (χ0n) is 12.8. The molecule has 5 heteroatoms. The Kier molecular flexibility index (Phi) is 5.39. The number of amides is 1. The van der Waals surface area contributed by atoms with Gasteiger partial charge in [0.2, 0.25) is 5.91 Å². The van der Waals surface area contributed by atoms with Crippen molar-refractivity contribution in [2.45, 2.75) is 31.3 Å². The van der Waals surface area contributed by atoms with Crippen LogP contribution < -0.4 is 11.1 Å². The number of nitrogens with one attached hydrogen (secondary N) is 1. The van der Waals surface area contributed by atoms with Gasteiger partial charge in [-0.15, -0.1) is 12.4 Å². The van der Waals surface area contributed by atoms with Crippen molar-refractivity contribution in [3.8, 4) is 0 Å². The summed E-state index contributed by atoms with van der Waals surface area (Å²) in [6, 6.07) is 13.2. The van der Waals surface area contributed by atoms with E-state index in [2.05, 4.69) is 24.4 Å². The Balaban J connectivity index is 0.00000192. The van der Waals surface area contributed by atoms with Crippen molar-refractivity contribution in [2.75, 3.05) is 0 Å². The molecule has 0 fully saturated rings. The fraction of sp³-hybridized carbons (Fsp3) is 0.278. The highest BCUT2D eigenvalue weighted by atomic mass is 35.5. The van der Waals surface area contributed by atoms with E-state index in [9.17, 15) is 9.18 Å². The van der Waals surface area contributed by atoms with Crippen LogP contribution in [-0.4, -0.2) is 11.9 Å². The SMILES string of the molecule is C[C@@H]1c2ccccc2C[C@H]1NC(=O)[C@@H](N)c1ccc(F)cc1.Cl. The van der Waals surface area contributed by atoms with Gasteiger partial charge in [0.05, 0.1) is 0 Å². The van der Waals surface area contributed by atoms with E-state index in [1.807, 2.05) is 12.1 Å². The van der Waals surface area contributed by atoms with E-state index in [4.69, 9.17) is 5.73 Å². The predicted octanol–water partition coefficient (Wildman–Crippen LogP) is 3.09. The van der Waals surface area contributed by atoms with Gasteiger partial charge in [0.1, 0.15) is 11.9 Å². The third-order valence-electron chi connectivity index (χ3n) is 4.43. The first-order chi connectivity index (χ1) is 10.6. The maximum absolute atomic E-state index is 12.9. The highest BCUT2D eigenvalue weighted by Crippen LogP contribution is 2.32. The lowest BCUT2D eigenvalue weighted by molar-refractivity contribution is -0.123. The number of fused-ring (bicyclic) bond motifs is 1. The van der Waals surface area contributed by atoms with E-state index < -0.39 is 6.04 Å². The molecule has 0 aliphatic heterocycles. The van der Waals surface area contributed by atoms with Gasteiger partial charge in [-0.05, 0) is 35.2 Å². The molecule has 3 atom stereocenters. The van der Waals surface area contributed by atoms with Gasteiger partial charge in [-0.1, -0.05) is 43.3 Å². The van der Waals surface area contributed by atoms with Gasteiger partial charge < -0.3 is 11.1 Å². The van der Waals surface area contributed by atoms with Crippen LogP contribution in [0.25, 0.3) is 0 Å². The molecule has 0 radical (unpaired) electrons. The summed E-state index contributed by atoms with van der Waals surface area (Å²) in [5.41, 5.74) is 9.15. The van der Waals surface area contributed by atoms with E-state index in [0.717, 1.165) is 6.42 Å². The molecule has 3 nitrogen and oxygen atoms in total. The van der Waals surface area contributed by atoms with Crippen LogP contribution in [0.1, 0.15) is 35.6 Å². The molecule has 0 saturated heterocycles. The Labute approximate surface area is 141 Å². The van der Waals surface area contributed by atoms with Gasteiger partial charge in [0, 0.05) is 12.0 Å². The molecule has 2 aromatic carbocycles. The van der Waals surface area contributed by atoms with Gasteiger partial charge in [0.15, 0.2) is 0 Å². The van der Waals surface area contributed by atoms with Crippen molar-refractivity contribution in [1.82, 2.24) is 5.32 Å². The molecule has 1 aliphatic rings. The highest BCUT2D eigenvalue weighted by molar-refractivity contribution is 5.85. The fourth-order valence-corrected chi connectivity index (χ4v) is 3.06. The summed E-state index contributed by atoms with van der Waals surface area (Å²) in [5, 5.41) is 3.03. The number of carbonyl (C=O) groups excluding carboxylic acids is 1. The smallest absolute Gasteiger partial charge is 0.241 e.